The summed E-state index contributed by atoms with van der Waals surface area (Å²) >= 11 is 0. The maximum atomic E-state index is 9.50. The van der Waals surface area contributed by atoms with Crippen LogP contribution >= 0.6 is 0 Å². The van der Waals surface area contributed by atoms with Gasteiger partial charge >= 0.3 is 0 Å². The number of nitrogens with zero attached hydrogens (tertiary/aromatic N) is 2. The Morgan fingerprint density at radius 1 is 1.11 bits per heavy atom. The minimum Gasteiger partial charge on any atom is -0.508 e. The molecular formula is C15H25N3O. The average molecular weight is 263 g/mol. The number of benzene rings is 1. The van der Waals surface area contributed by atoms with Gasteiger partial charge in [0.05, 0.1) is 0 Å². The summed E-state index contributed by atoms with van der Waals surface area (Å²) in [6.07, 6.45) is 2.30. The third-order valence-corrected chi connectivity index (χ3v) is 3.68. The predicted molar refractivity (Wildman–Crippen MR) is 78.1 cm³/mol. The first kappa shape index (κ1) is 14.3. The van der Waals surface area contributed by atoms with E-state index in [1.165, 1.54) is 18.5 Å². The number of hydrogen-bond acceptors (Lipinski definition) is 4. The fourth-order valence-corrected chi connectivity index (χ4v) is 2.63. The van der Waals surface area contributed by atoms with Gasteiger partial charge in [-0.1, -0.05) is 12.1 Å². The highest BCUT2D eigenvalue weighted by molar-refractivity contribution is 5.26. The Labute approximate surface area is 115 Å². The molecule has 0 aromatic heterocycles. The molecule has 1 heterocycles. The third kappa shape index (κ3) is 4.82. The highest BCUT2D eigenvalue weighted by Crippen LogP contribution is 2.14. The van der Waals surface area contributed by atoms with Crippen molar-refractivity contribution in [2.45, 2.75) is 19.4 Å². The monoisotopic (exact) mass is 263 g/mol. The summed E-state index contributed by atoms with van der Waals surface area (Å²) < 4.78 is 0. The number of rotatable bonds is 5. The molecule has 0 aliphatic carbocycles. The lowest BCUT2D eigenvalue weighted by molar-refractivity contribution is 0.250. The van der Waals surface area contributed by atoms with Crippen LogP contribution in [0.25, 0.3) is 0 Å². The summed E-state index contributed by atoms with van der Waals surface area (Å²) in [5.41, 5.74) is 6.76. The Bertz CT molecular complexity index is 383. The van der Waals surface area contributed by atoms with E-state index in [-0.39, 0.29) is 0 Å². The van der Waals surface area contributed by atoms with E-state index in [4.69, 9.17) is 5.73 Å². The zero-order chi connectivity index (χ0) is 13.5. The van der Waals surface area contributed by atoms with E-state index < -0.39 is 0 Å². The van der Waals surface area contributed by atoms with Crippen molar-refractivity contribution in [3.8, 4) is 5.75 Å². The van der Waals surface area contributed by atoms with Crippen molar-refractivity contribution in [2.75, 3.05) is 39.3 Å². The van der Waals surface area contributed by atoms with E-state index in [1.807, 2.05) is 12.1 Å². The van der Waals surface area contributed by atoms with Crippen LogP contribution in [-0.4, -0.2) is 54.2 Å². The largest absolute Gasteiger partial charge is 0.508 e. The maximum Gasteiger partial charge on any atom is 0.115 e. The van der Waals surface area contributed by atoms with E-state index in [9.17, 15) is 5.11 Å². The Kier molecular flexibility index (Phi) is 5.63. The van der Waals surface area contributed by atoms with Crippen molar-refractivity contribution < 1.29 is 5.11 Å². The first-order valence-electron chi connectivity index (χ1n) is 7.20. The summed E-state index contributed by atoms with van der Waals surface area (Å²) in [5, 5.41) is 9.50. The van der Waals surface area contributed by atoms with Gasteiger partial charge in [-0.2, -0.15) is 0 Å². The molecule has 1 aromatic rings. The van der Waals surface area contributed by atoms with Crippen LogP contribution in [0.4, 0.5) is 0 Å². The minimum atomic E-state index is 0.358. The third-order valence-electron chi connectivity index (χ3n) is 3.68. The summed E-state index contributed by atoms with van der Waals surface area (Å²) in [6, 6.07) is 7.57. The molecule has 0 saturated carbocycles. The summed E-state index contributed by atoms with van der Waals surface area (Å²) in [4.78, 5) is 4.98. The fraction of sp³-hybridized carbons (Fsp3) is 0.600. The number of aromatic hydroxyl groups is 1. The number of nitrogens with two attached hydrogens (primary N) is 1. The van der Waals surface area contributed by atoms with Gasteiger partial charge in [0.1, 0.15) is 5.75 Å². The summed E-state index contributed by atoms with van der Waals surface area (Å²) in [6.45, 7) is 7.36. The fourth-order valence-electron chi connectivity index (χ4n) is 2.63. The molecule has 106 valence electrons. The molecule has 0 atom stereocenters. The quantitative estimate of drug-likeness (QED) is 0.839. The molecule has 1 saturated heterocycles. The molecule has 0 spiro atoms. The van der Waals surface area contributed by atoms with Gasteiger partial charge in [-0.3, -0.25) is 4.90 Å². The molecule has 4 heteroatoms. The van der Waals surface area contributed by atoms with E-state index >= 15 is 0 Å². The zero-order valence-electron chi connectivity index (χ0n) is 11.6. The van der Waals surface area contributed by atoms with E-state index in [0.717, 1.165) is 45.7 Å². The van der Waals surface area contributed by atoms with Crippen LogP contribution in [0.15, 0.2) is 24.3 Å². The molecule has 1 fully saturated rings. The van der Waals surface area contributed by atoms with Crippen LogP contribution in [-0.2, 0) is 6.54 Å². The van der Waals surface area contributed by atoms with Crippen molar-refractivity contribution in [3.05, 3.63) is 29.8 Å². The Morgan fingerprint density at radius 3 is 2.68 bits per heavy atom. The molecule has 0 amide bonds. The second-order valence-corrected chi connectivity index (χ2v) is 5.28. The maximum absolute atomic E-state index is 9.50. The number of phenolic OH excluding ortho intramolecular Hbond substituents is 1. The molecule has 0 unspecified atom stereocenters. The molecular weight excluding hydrogens is 238 g/mol. The van der Waals surface area contributed by atoms with Crippen molar-refractivity contribution in [1.82, 2.24) is 9.80 Å². The van der Waals surface area contributed by atoms with Crippen LogP contribution in [0.2, 0.25) is 0 Å². The molecule has 1 aliphatic heterocycles. The van der Waals surface area contributed by atoms with E-state index in [0.29, 0.717) is 5.75 Å². The van der Waals surface area contributed by atoms with Crippen LogP contribution in [0.3, 0.4) is 0 Å². The molecule has 4 nitrogen and oxygen atoms in total. The lowest BCUT2D eigenvalue weighted by Crippen LogP contribution is -2.31. The Balaban J connectivity index is 1.82. The number of hydrogen-bond donors (Lipinski definition) is 2. The van der Waals surface area contributed by atoms with Crippen molar-refractivity contribution in [1.29, 1.82) is 0 Å². The van der Waals surface area contributed by atoms with Gasteiger partial charge in [-0.05, 0) is 56.7 Å². The van der Waals surface area contributed by atoms with Crippen LogP contribution in [0.5, 0.6) is 5.75 Å². The number of phenols is 1. The first-order valence-corrected chi connectivity index (χ1v) is 7.20. The molecule has 0 radical (unpaired) electrons. The topological polar surface area (TPSA) is 52.7 Å². The lowest BCUT2D eigenvalue weighted by atomic mass is 10.2. The van der Waals surface area contributed by atoms with Gasteiger partial charge in [0.15, 0.2) is 0 Å². The zero-order valence-corrected chi connectivity index (χ0v) is 11.6. The molecule has 0 bridgehead atoms. The van der Waals surface area contributed by atoms with E-state index in [2.05, 4.69) is 15.9 Å². The Morgan fingerprint density at radius 2 is 1.89 bits per heavy atom. The van der Waals surface area contributed by atoms with Gasteiger partial charge in [0.2, 0.25) is 0 Å². The minimum absolute atomic E-state index is 0.358. The molecule has 1 aliphatic rings. The first-order chi connectivity index (χ1) is 9.28. The highest BCUT2D eigenvalue weighted by atomic mass is 16.3. The second-order valence-electron chi connectivity index (χ2n) is 5.28. The van der Waals surface area contributed by atoms with Crippen molar-refractivity contribution in [3.63, 3.8) is 0 Å². The summed E-state index contributed by atoms with van der Waals surface area (Å²) in [7, 11) is 0. The molecule has 3 N–H and O–H groups in total. The molecule has 1 aromatic carbocycles. The lowest BCUT2D eigenvalue weighted by Gasteiger charge is -2.21. The Hall–Kier alpha value is -1.10. The van der Waals surface area contributed by atoms with Crippen molar-refractivity contribution >= 4 is 0 Å². The van der Waals surface area contributed by atoms with Gasteiger partial charge in [0, 0.05) is 19.6 Å². The van der Waals surface area contributed by atoms with Crippen LogP contribution in [0, 0.1) is 0 Å². The second kappa shape index (κ2) is 7.48. The van der Waals surface area contributed by atoms with Gasteiger partial charge in [-0.15, -0.1) is 0 Å². The van der Waals surface area contributed by atoms with Gasteiger partial charge in [0.25, 0.3) is 0 Å². The van der Waals surface area contributed by atoms with E-state index in [1.54, 1.807) is 6.07 Å². The van der Waals surface area contributed by atoms with Gasteiger partial charge < -0.3 is 15.7 Å². The van der Waals surface area contributed by atoms with Gasteiger partial charge in [-0.25, -0.2) is 0 Å². The SMILES string of the molecule is NCCCN1CCCN(Cc2cccc(O)c2)CC1. The molecule has 19 heavy (non-hydrogen) atoms. The van der Waals surface area contributed by atoms with Crippen LogP contribution in [0.1, 0.15) is 18.4 Å². The average Bonchev–Trinajstić information content (AvgIpc) is 2.62. The normalized spacial score (nSPS) is 18.4. The predicted octanol–water partition coefficient (Wildman–Crippen LogP) is 1.25. The highest BCUT2D eigenvalue weighted by Gasteiger charge is 2.14. The van der Waals surface area contributed by atoms with Crippen LogP contribution < -0.4 is 5.73 Å². The smallest absolute Gasteiger partial charge is 0.115 e. The molecule has 2 rings (SSSR count). The standard InChI is InChI=1S/C15H25N3O/c16-6-2-7-17-8-3-9-18(11-10-17)13-14-4-1-5-15(19)12-14/h1,4-5,12,19H,2-3,6-11,13,16H2. The van der Waals surface area contributed by atoms with Crippen molar-refractivity contribution in [2.24, 2.45) is 5.73 Å². The summed E-state index contributed by atoms with van der Waals surface area (Å²) in [5.74, 6) is 0.358.